The van der Waals surface area contributed by atoms with E-state index in [9.17, 15) is 0 Å². The van der Waals surface area contributed by atoms with Crippen LogP contribution in [0.1, 0.15) is 20.8 Å². The Morgan fingerprint density at radius 2 is 1.67 bits per heavy atom. The minimum absolute atomic E-state index is 0.226. The Morgan fingerprint density at radius 1 is 1.17 bits per heavy atom. The molecule has 0 aromatic heterocycles. The summed E-state index contributed by atoms with van der Waals surface area (Å²) >= 11 is 0. The van der Waals surface area contributed by atoms with Crippen molar-refractivity contribution in [3.05, 3.63) is 12.3 Å². The number of hydrogen-bond acceptors (Lipinski definition) is 5. The summed E-state index contributed by atoms with van der Waals surface area (Å²) in [5, 5.41) is 0. The first kappa shape index (κ1) is 15.7. The number of epoxide rings is 1. The van der Waals surface area contributed by atoms with E-state index in [1.165, 1.54) is 0 Å². The van der Waals surface area contributed by atoms with Gasteiger partial charge in [-0.3, -0.25) is 0 Å². The highest BCUT2D eigenvalue weighted by atomic mass is 28.4. The van der Waals surface area contributed by atoms with E-state index in [1.54, 1.807) is 0 Å². The van der Waals surface area contributed by atoms with Gasteiger partial charge in [0.2, 0.25) is 0 Å². The van der Waals surface area contributed by atoms with Crippen molar-refractivity contribution in [1.29, 1.82) is 0 Å². The first-order valence-corrected chi connectivity index (χ1v) is 8.43. The summed E-state index contributed by atoms with van der Waals surface area (Å²) in [5.41, 5.74) is 0. The second-order valence-corrected chi connectivity index (χ2v) is 6.55. The molecule has 1 aliphatic rings. The van der Waals surface area contributed by atoms with E-state index in [0.717, 1.165) is 6.61 Å². The van der Waals surface area contributed by atoms with E-state index in [0.29, 0.717) is 38.2 Å². The van der Waals surface area contributed by atoms with Crippen LogP contribution >= 0.6 is 0 Å². The number of hydrogen-bond donors (Lipinski definition) is 0. The van der Waals surface area contributed by atoms with Crippen LogP contribution < -0.4 is 0 Å². The van der Waals surface area contributed by atoms with Gasteiger partial charge in [-0.1, -0.05) is 6.58 Å². The Morgan fingerprint density at radius 3 is 2.06 bits per heavy atom. The van der Waals surface area contributed by atoms with E-state index in [4.69, 9.17) is 22.8 Å². The average Bonchev–Trinajstić information content (AvgIpc) is 3.11. The van der Waals surface area contributed by atoms with Crippen molar-refractivity contribution in [2.45, 2.75) is 32.9 Å². The summed E-state index contributed by atoms with van der Waals surface area (Å²) in [6.07, 6.45) is 0.226. The molecule has 0 aromatic carbocycles. The summed E-state index contributed by atoms with van der Waals surface area (Å²) in [5.74, 6) is 0.646. The van der Waals surface area contributed by atoms with Crippen molar-refractivity contribution in [2.24, 2.45) is 0 Å². The number of ether oxygens (including phenoxy) is 2. The van der Waals surface area contributed by atoms with Gasteiger partial charge in [0.05, 0.1) is 18.4 Å². The summed E-state index contributed by atoms with van der Waals surface area (Å²) in [6.45, 7) is 12.7. The molecule has 5 nitrogen and oxygen atoms in total. The molecule has 6 heteroatoms. The molecule has 0 radical (unpaired) electrons. The van der Waals surface area contributed by atoms with Crippen LogP contribution in [0.4, 0.5) is 0 Å². The fourth-order valence-corrected chi connectivity index (χ4v) is 4.07. The predicted molar refractivity (Wildman–Crippen MR) is 70.3 cm³/mol. The van der Waals surface area contributed by atoms with Crippen LogP contribution in [0.15, 0.2) is 12.3 Å². The van der Waals surface area contributed by atoms with Crippen LogP contribution in [-0.2, 0) is 22.8 Å². The molecule has 0 spiro atoms. The van der Waals surface area contributed by atoms with Gasteiger partial charge in [-0.2, -0.15) is 0 Å². The molecule has 1 fully saturated rings. The van der Waals surface area contributed by atoms with Crippen molar-refractivity contribution < 1.29 is 22.8 Å². The predicted octanol–water partition coefficient (Wildman–Crippen LogP) is 1.96. The monoisotopic (exact) mass is 276 g/mol. The Bertz CT molecular complexity index is 238. The van der Waals surface area contributed by atoms with Crippen molar-refractivity contribution in [2.75, 3.05) is 33.0 Å². The van der Waals surface area contributed by atoms with E-state index in [1.807, 2.05) is 20.8 Å². The molecule has 0 aliphatic carbocycles. The third kappa shape index (κ3) is 5.49. The van der Waals surface area contributed by atoms with Crippen molar-refractivity contribution in [3.63, 3.8) is 0 Å². The Hall–Kier alpha value is -0.403. The SMILES string of the molecule is C=C(C[Si](OCC)(OCC)OCC)OCC1CO1. The zero-order valence-electron chi connectivity index (χ0n) is 11.6. The molecule has 18 heavy (non-hydrogen) atoms. The standard InChI is InChI=1S/C12H24O5Si/c1-5-15-18(16-6-2,17-7-3)10-11(4)13-8-12-9-14-12/h12H,4-10H2,1-3H3. The maximum atomic E-state index is 5.73. The summed E-state index contributed by atoms with van der Waals surface area (Å²) in [7, 11) is -2.68. The topological polar surface area (TPSA) is 49.5 Å². The smallest absolute Gasteiger partial charge is 0.496 e. The van der Waals surface area contributed by atoms with Gasteiger partial charge in [-0.05, 0) is 20.8 Å². The van der Waals surface area contributed by atoms with Crippen LogP contribution in [0.3, 0.4) is 0 Å². The number of allylic oxidation sites excluding steroid dienone is 1. The van der Waals surface area contributed by atoms with E-state index < -0.39 is 8.80 Å². The van der Waals surface area contributed by atoms with E-state index in [-0.39, 0.29) is 6.10 Å². The fraction of sp³-hybridized carbons (Fsp3) is 0.833. The number of rotatable bonds is 11. The molecule has 0 aromatic rings. The van der Waals surface area contributed by atoms with Gasteiger partial charge < -0.3 is 22.8 Å². The van der Waals surface area contributed by atoms with Gasteiger partial charge in [-0.15, -0.1) is 0 Å². The maximum absolute atomic E-state index is 5.73. The van der Waals surface area contributed by atoms with Gasteiger partial charge in [0.25, 0.3) is 0 Å². The van der Waals surface area contributed by atoms with Gasteiger partial charge in [0.15, 0.2) is 0 Å². The van der Waals surface area contributed by atoms with E-state index >= 15 is 0 Å². The molecule has 106 valence electrons. The normalized spacial score (nSPS) is 18.7. The lowest BCUT2D eigenvalue weighted by Gasteiger charge is -2.28. The molecule has 0 saturated carbocycles. The average molecular weight is 276 g/mol. The first-order valence-electron chi connectivity index (χ1n) is 6.49. The lowest BCUT2D eigenvalue weighted by atomic mass is 10.5. The molecular formula is C12H24O5Si. The minimum Gasteiger partial charge on any atom is -0.496 e. The van der Waals surface area contributed by atoms with Crippen LogP contribution in [-0.4, -0.2) is 47.9 Å². The highest BCUT2D eigenvalue weighted by molar-refractivity contribution is 6.61. The van der Waals surface area contributed by atoms with E-state index in [2.05, 4.69) is 6.58 Å². The second kappa shape index (κ2) is 7.91. The Kier molecular flexibility index (Phi) is 6.88. The fourth-order valence-electron chi connectivity index (χ4n) is 1.61. The summed E-state index contributed by atoms with van der Waals surface area (Å²) < 4.78 is 27.8. The molecule has 0 N–H and O–H groups in total. The third-order valence-corrected chi connectivity index (χ3v) is 5.40. The maximum Gasteiger partial charge on any atom is 0.508 e. The van der Waals surface area contributed by atoms with Gasteiger partial charge in [0, 0.05) is 19.8 Å². The van der Waals surface area contributed by atoms with Crippen LogP contribution in [0.25, 0.3) is 0 Å². The highest BCUT2D eigenvalue weighted by Gasteiger charge is 2.42. The lowest BCUT2D eigenvalue weighted by molar-refractivity contribution is 0.0674. The van der Waals surface area contributed by atoms with Gasteiger partial charge in [-0.25, -0.2) is 0 Å². The molecule has 1 saturated heterocycles. The molecule has 1 rings (SSSR count). The van der Waals surface area contributed by atoms with Gasteiger partial charge >= 0.3 is 8.80 Å². The second-order valence-electron chi connectivity index (χ2n) is 3.96. The zero-order chi connectivity index (χ0) is 13.4. The Labute approximate surface area is 110 Å². The molecule has 1 aliphatic heterocycles. The molecule has 0 bridgehead atoms. The molecule has 1 atom stereocenters. The third-order valence-electron chi connectivity index (χ3n) is 2.38. The van der Waals surface area contributed by atoms with Crippen molar-refractivity contribution in [1.82, 2.24) is 0 Å². The lowest BCUT2D eigenvalue weighted by Crippen LogP contribution is -2.46. The van der Waals surface area contributed by atoms with Crippen LogP contribution in [0, 0.1) is 0 Å². The molecule has 1 heterocycles. The van der Waals surface area contributed by atoms with Crippen LogP contribution in [0.5, 0.6) is 0 Å². The summed E-state index contributed by atoms with van der Waals surface area (Å²) in [6, 6.07) is 0.495. The van der Waals surface area contributed by atoms with Crippen molar-refractivity contribution in [3.8, 4) is 0 Å². The molecule has 1 unspecified atom stereocenters. The first-order chi connectivity index (χ1) is 8.65. The molecular weight excluding hydrogens is 252 g/mol. The minimum atomic E-state index is -2.68. The largest absolute Gasteiger partial charge is 0.508 e. The van der Waals surface area contributed by atoms with Crippen molar-refractivity contribution >= 4 is 8.80 Å². The summed E-state index contributed by atoms with van der Waals surface area (Å²) in [4.78, 5) is 0. The highest BCUT2D eigenvalue weighted by Crippen LogP contribution is 2.22. The quantitative estimate of drug-likeness (QED) is 0.328. The zero-order valence-corrected chi connectivity index (χ0v) is 12.6. The van der Waals surface area contributed by atoms with Crippen LogP contribution in [0.2, 0.25) is 6.04 Å². The van der Waals surface area contributed by atoms with Gasteiger partial charge in [0.1, 0.15) is 12.7 Å². The Balaban J connectivity index is 2.47. The molecule has 0 amide bonds.